The minimum Gasteiger partial charge on any atom is -0.468 e. The maximum absolute atomic E-state index is 11.8. The molecule has 6 nitrogen and oxygen atoms in total. The molecule has 0 aliphatic heterocycles. The number of aryl methyl sites for hydroxylation is 1. The van der Waals surface area contributed by atoms with Crippen LogP contribution >= 0.6 is 11.8 Å². The van der Waals surface area contributed by atoms with Gasteiger partial charge in [-0.3, -0.25) is 4.79 Å². The summed E-state index contributed by atoms with van der Waals surface area (Å²) in [6.07, 6.45) is 1.05. The molecule has 1 atom stereocenters. The fourth-order valence-electron chi connectivity index (χ4n) is 1.56. The second-order valence-corrected chi connectivity index (χ2v) is 6.92. The second-order valence-electron chi connectivity index (χ2n) is 5.73. The lowest BCUT2D eigenvalue weighted by Gasteiger charge is -2.21. The monoisotopic (exact) mass is 329 g/mol. The van der Waals surface area contributed by atoms with Crippen LogP contribution in [-0.2, 0) is 20.0 Å². The van der Waals surface area contributed by atoms with Crippen LogP contribution in [0, 0.1) is 6.92 Å². The quantitative estimate of drug-likeness (QED) is 0.809. The molecular weight excluding hydrogens is 306 g/mol. The highest BCUT2D eigenvalue weighted by atomic mass is 32.2. The van der Waals surface area contributed by atoms with Gasteiger partial charge in [0.25, 0.3) is 0 Å². The first-order valence-corrected chi connectivity index (χ1v) is 7.97. The summed E-state index contributed by atoms with van der Waals surface area (Å²) in [5, 5.41) is 2.06. The smallest absolute Gasteiger partial charge is 0.407 e. The maximum Gasteiger partial charge on any atom is 0.407 e. The van der Waals surface area contributed by atoms with Crippen LogP contribution in [0.1, 0.15) is 32.1 Å². The summed E-state index contributed by atoms with van der Waals surface area (Å²) in [4.78, 5) is 23.4. The number of alkyl carbamates (subject to hydrolysis) is 1. The fourth-order valence-corrected chi connectivity index (χ4v) is 2.64. The second kappa shape index (κ2) is 8.12. The van der Waals surface area contributed by atoms with Crippen molar-refractivity contribution in [2.24, 2.45) is 0 Å². The van der Waals surface area contributed by atoms with Crippen molar-refractivity contribution in [2.45, 2.75) is 44.3 Å². The molecule has 1 heterocycles. The summed E-state index contributed by atoms with van der Waals surface area (Å²) >= 11 is 1.35. The molecule has 0 saturated carbocycles. The Balaban J connectivity index is 2.53. The predicted octanol–water partition coefficient (Wildman–Crippen LogP) is 2.89. The Bertz CT molecular complexity index is 506. The molecule has 124 valence electrons. The van der Waals surface area contributed by atoms with Crippen molar-refractivity contribution in [1.29, 1.82) is 0 Å². The average molecular weight is 329 g/mol. The molecule has 0 aromatic carbocycles. The number of esters is 1. The van der Waals surface area contributed by atoms with Gasteiger partial charge < -0.3 is 19.2 Å². The van der Waals surface area contributed by atoms with Gasteiger partial charge in [0, 0.05) is 6.54 Å². The molecule has 0 aliphatic rings. The van der Waals surface area contributed by atoms with Crippen molar-refractivity contribution in [3.8, 4) is 0 Å². The molecule has 7 heteroatoms. The Kier molecular flexibility index (Phi) is 6.80. The van der Waals surface area contributed by atoms with E-state index in [1.807, 2.05) is 13.0 Å². The van der Waals surface area contributed by atoms with Gasteiger partial charge in [0.05, 0.1) is 19.1 Å². The lowest BCUT2D eigenvalue weighted by Crippen LogP contribution is -2.38. The number of furan rings is 1. The van der Waals surface area contributed by atoms with Crippen molar-refractivity contribution < 1.29 is 23.5 Å². The Morgan fingerprint density at radius 1 is 1.41 bits per heavy atom. The van der Waals surface area contributed by atoms with E-state index in [9.17, 15) is 9.59 Å². The van der Waals surface area contributed by atoms with Crippen LogP contribution in [0.3, 0.4) is 0 Å². The number of amides is 1. The maximum atomic E-state index is 11.8. The number of hydrogen-bond donors (Lipinski definition) is 1. The SMILES string of the molecule is COC(=O)C(CNC(=O)OC(C)(C)C)SCc1occc1C. The summed E-state index contributed by atoms with van der Waals surface area (Å²) in [6, 6.07) is 1.86. The zero-order valence-electron chi connectivity index (χ0n) is 13.6. The van der Waals surface area contributed by atoms with Crippen LogP contribution in [0.4, 0.5) is 4.79 Å². The summed E-state index contributed by atoms with van der Waals surface area (Å²) in [5.74, 6) is 0.927. The van der Waals surface area contributed by atoms with E-state index in [1.165, 1.54) is 18.9 Å². The first kappa shape index (κ1) is 18.4. The van der Waals surface area contributed by atoms with E-state index < -0.39 is 22.9 Å². The van der Waals surface area contributed by atoms with E-state index in [0.717, 1.165) is 11.3 Å². The Hall–Kier alpha value is -1.63. The molecule has 0 aliphatic carbocycles. The van der Waals surface area contributed by atoms with Crippen LogP contribution in [0.25, 0.3) is 0 Å². The van der Waals surface area contributed by atoms with Gasteiger partial charge in [0.1, 0.15) is 16.6 Å². The number of rotatable bonds is 6. The minimum atomic E-state index is -0.580. The molecule has 1 aromatic rings. The van der Waals surface area contributed by atoms with Crippen LogP contribution < -0.4 is 5.32 Å². The number of nitrogens with one attached hydrogen (secondary N) is 1. The Morgan fingerprint density at radius 3 is 2.59 bits per heavy atom. The fraction of sp³-hybridized carbons (Fsp3) is 0.600. The van der Waals surface area contributed by atoms with E-state index in [0.29, 0.717) is 5.75 Å². The van der Waals surface area contributed by atoms with Gasteiger partial charge in [-0.2, -0.15) is 0 Å². The zero-order valence-corrected chi connectivity index (χ0v) is 14.4. The number of carbonyl (C=O) groups is 2. The molecule has 0 spiro atoms. The van der Waals surface area contributed by atoms with Crippen molar-refractivity contribution in [3.05, 3.63) is 23.7 Å². The van der Waals surface area contributed by atoms with Gasteiger partial charge in [-0.25, -0.2) is 4.79 Å². The summed E-state index contributed by atoms with van der Waals surface area (Å²) in [5.41, 5.74) is 0.444. The lowest BCUT2D eigenvalue weighted by molar-refractivity contribution is -0.139. The summed E-state index contributed by atoms with van der Waals surface area (Å²) in [7, 11) is 1.32. The van der Waals surface area contributed by atoms with Gasteiger partial charge in [0.15, 0.2) is 0 Å². The van der Waals surface area contributed by atoms with E-state index in [-0.39, 0.29) is 6.54 Å². The molecule has 0 bridgehead atoms. The van der Waals surface area contributed by atoms with E-state index in [2.05, 4.69) is 5.32 Å². The van der Waals surface area contributed by atoms with Gasteiger partial charge >= 0.3 is 12.1 Å². The molecule has 0 saturated heterocycles. The zero-order chi connectivity index (χ0) is 16.8. The molecule has 1 unspecified atom stereocenters. The van der Waals surface area contributed by atoms with E-state index in [4.69, 9.17) is 13.9 Å². The molecule has 1 amide bonds. The largest absolute Gasteiger partial charge is 0.468 e. The van der Waals surface area contributed by atoms with Gasteiger partial charge in [-0.15, -0.1) is 11.8 Å². The van der Waals surface area contributed by atoms with Crippen LogP contribution in [0.5, 0.6) is 0 Å². The van der Waals surface area contributed by atoms with Crippen molar-refractivity contribution in [2.75, 3.05) is 13.7 Å². The van der Waals surface area contributed by atoms with Crippen LogP contribution in [-0.4, -0.2) is 36.6 Å². The summed E-state index contributed by atoms with van der Waals surface area (Å²) in [6.45, 7) is 7.40. The van der Waals surface area contributed by atoms with Crippen LogP contribution in [0.15, 0.2) is 16.7 Å². The third-order valence-corrected chi connectivity index (χ3v) is 3.87. The van der Waals surface area contributed by atoms with E-state index in [1.54, 1.807) is 27.0 Å². The van der Waals surface area contributed by atoms with Crippen molar-refractivity contribution in [3.63, 3.8) is 0 Å². The molecule has 0 fully saturated rings. The molecule has 1 N–H and O–H groups in total. The van der Waals surface area contributed by atoms with Crippen molar-refractivity contribution in [1.82, 2.24) is 5.32 Å². The number of carbonyl (C=O) groups excluding carboxylic acids is 2. The summed E-state index contributed by atoms with van der Waals surface area (Å²) < 4.78 is 15.2. The molecular formula is C15H23NO5S. The molecule has 0 radical (unpaired) electrons. The third kappa shape index (κ3) is 6.43. The van der Waals surface area contributed by atoms with Crippen molar-refractivity contribution >= 4 is 23.8 Å². The highest BCUT2D eigenvalue weighted by Crippen LogP contribution is 2.21. The Morgan fingerprint density at radius 2 is 2.09 bits per heavy atom. The average Bonchev–Trinajstić information content (AvgIpc) is 2.81. The molecule has 22 heavy (non-hydrogen) atoms. The highest BCUT2D eigenvalue weighted by molar-refractivity contribution is 7.99. The molecule has 1 rings (SSSR count). The topological polar surface area (TPSA) is 77.8 Å². The standard InChI is InChI=1S/C15H23NO5S/c1-10-6-7-20-11(10)9-22-12(13(17)19-5)8-16-14(18)21-15(2,3)4/h6-7,12H,8-9H2,1-5H3,(H,16,18). The first-order valence-electron chi connectivity index (χ1n) is 6.92. The first-order chi connectivity index (χ1) is 10.2. The van der Waals surface area contributed by atoms with Gasteiger partial charge in [0.2, 0.25) is 0 Å². The van der Waals surface area contributed by atoms with Crippen LogP contribution in [0.2, 0.25) is 0 Å². The number of methoxy groups -OCH3 is 1. The third-order valence-electron chi connectivity index (χ3n) is 2.68. The van der Waals surface area contributed by atoms with Gasteiger partial charge in [-0.1, -0.05) is 0 Å². The number of hydrogen-bond acceptors (Lipinski definition) is 6. The highest BCUT2D eigenvalue weighted by Gasteiger charge is 2.23. The normalized spacial score (nSPS) is 12.6. The van der Waals surface area contributed by atoms with Gasteiger partial charge in [-0.05, 0) is 39.3 Å². The minimum absolute atomic E-state index is 0.131. The number of ether oxygens (including phenoxy) is 2. The predicted molar refractivity (Wildman–Crippen MR) is 84.8 cm³/mol. The van der Waals surface area contributed by atoms with E-state index >= 15 is 0 Å². The Labute approximate surface area is 134 Å². The molecule has 1 aromatic heterocycles. The number of thioether (sulfide) groups is 1. The lowest BCUT2D eigenvalue weighted by atomic mass is 10.2.